The van der Waals surface area contributed by atoms with Gasteiger partial charge in [0.15, 0.2) is 9.84 Å². The number of benzene rings is 3. The summed E-state index contributed by atoms with van der Waals surface area (Å²) in [6.45, 7) is 1.76. The molecule has 2 amide bonds. The monoisotopic (exact) mass is 502 g/mol. The fourth-order valence-corrected chi connectivity index (χ4v) is 5.74. The zero-order valence-electron chi connectivity index (χ0n) is 19.5. The Bertz CT molecular complexity index is 1450. The number of sulfone groups is 1. The van der Waals surface area contributed by atoms with Crippen LogP contribution in [0, 0.1) is 0 Å². The average molecular weight is 503 g/mol. The molecular weight excluding hydrogens is 476 g/mol. The van der Waals surface area contributed by atoms with E-state index in [1.807, 2.05) is 54.6 Å². The molecule has 36 heavy (non-hydrogen) atoms. The van der Waals surface area contributed by atoms with Crippen LogP contribution in [0.3, 0.4) is 0 Å². The first kappa shape index (κ1) is 23.8. The second-order valence-electron chi connectivity index (χ2n) is 8.94. The Kier molecular flexibility index (Phi) is 6.34. The van der Waals surface area contributed by atoms with Crippen molar-refractivity contribution in [3.05, 3.63) is 95.1 Å². The molecular formula is C27H26N4O4S. The molecule has 9 heteroatoms. The van der Waals surface area contributed by atoms with Gasteiger partial charge in [-0.15, -0.1) is 0 Å². The standard InChI is InChI=1S/C27H26N4O4S/c28-26(32)20-8-11-22-23(16-20)30-27(33)24(22)25(19-4-2-1-3-5-19)29-21-9-6-18(7-10-21)17-31-12-14-36(34,35)15-13-31/h1-11,16,29H,12-15,17H2,(H2,28,32)(H,30,33)/b25-24-. The Labute approximate surface area is 209 Å². The number of nitrogens with two attached hydrogens (primary N) is 1. The lowest BCUT2D eigenvalue weighted by atomic mass is 9.99. The van der Waals surface area contributed by atoms with Crippen molar-refractivity contribution in [3.8, 4) is 0 Å². The molecule has 1 fully saturated rings. The van der Waals surface area contributed by atoms with Gasteiger partial charge < -0.3 is 16.4 Å². The molecule has 0 saturated carbocycles. The van der Waals surface area contributed by atoms with Crippen molar-refractivity contribution < 1.29 is 18.0 Å². The lowest BCUT2D eigenvalue weighted by Gasteiger charge is -2.26. The Morgan fingerprint density at radius 1 is 0.944 bits per heavy atom. The lowest BCUT2D eigenvalue weighted by Crippen LogP contribution is -2.39. The largest absolute Gasteiger partial charge is 0.366 e. The van der Waals surface area contributed by atoms with E-state index in [1.165, 1.54) is 0 Å². The summed E-state index contributed by atoms with van der Waals surface area (Å²) in [4.78, 5) is 26.8. The van der Waals surface area contributed by atoms with Crippen molar-refractivity contribution in [1.29, 1.82) is 0 Å². The summed E-state index contributed by atoms with van der Waals surface area (Å²) >= 11 is 0. The third kappa shape index (κ3) is 5.02. The van der Waals surface area contributed by atoms with Crippen LogP contribution in [0.15, 0.2) is 72.8 Å². The van der Waals surface area contributed by atoms with E-state index < -0.39 is 15.7 Å². The van der Waals surface area contributed by atoms with Gasteiger partial charge in [0.05, 0.1) is 22.8 Å². The van der Waals surface area contributed by atoms with Crippen LogP contribution in [-0.4, -0.2) is 49.7 Å². The highest BCUT2D eigenvalue weighted by atomic mass is 32.2. The molecule has 4 N–H and O–H groups in total. The summed E-state index contributed by atoms with van der Waals surface area (Å²) in [6.07, 6.45) is 0. The van der Waals surface area contributed by atoms with Crippen LogP contribution in [0.1, 0.15) is 27.0 Å². The molecule has 0 radical (unpaired) electrons. The fourth-order valence-electron chi connectivity index (χ4n) is 4.46. The first-order valence-electron chi connectivity index (χ1n) is 11.6. The molecule has 2 aliphatic rings. The maximum absolute atomic E-state index is 13.1. The Morgan fingerprint density at radius 3 is 2.31 bits per heavy atom. The van der Waals surface area contributed by atoms with E-state index in [2.05, 4.69) is 15.5 Å². The highest BCUT2D eigenvalue weighted by Crippen LogP contribution is 2.38. The smallest absolute Gasteiger partial charge is 0.258 e. The molecule has 3 aromatic rings. The zero-order valence-corrected chi connectivity index (χ0v) is 20.3. The minimum atomic E-state index is -2.91. The van der Waals surface area contributed by atoms with Crippen LogP contribution in [0.25, 0.3) is 11.3 Å². The van der Waals surface area contributed by atoms with Crippen LogP contribution < -0.4 is 16.4 Å². The zero-order chi connectivity index (χ0) is 25.3. The molecule has 0 atom stereocenters. The maximum atomic E-state index is 13.1. The molecule has 3 aromatic carbocycles. The predicted molar refractivity (Wildman–Crippen MR) is 141 cm³/mol. The van der Waals surface area contributed by atoms with E-state index in [4.69, 9.17) is 5.73 Å². The molecule has 1 saturated heterocycles. The summed E-state index contributed by atoms with van der Waals surface area (Å²) in [6, 6.07) is 22.4. The van der Waals surface area contributed by atoms with Gasteiger partial charge in [-0.3, -0.25) is 14.5 Å². The number of amides is 2. The number of carbonyl (C=O) groups is 2. The Morgan fingerprint density at radius 2 is 1.64 bits per heavy atom. The normalized spacial score (nSPS) is 18.3. The van der Waals surface area contributed by atoms with Crippen LogP contribution >= 0.6 is 0 Å². The number of hydrogen-bond acceptors (Lipinski definition) is 6. The number of fused-ring (bicyclic) bond motifs is 1. The third-order valence-corrected chi connectivity index (χ3v) is 8.04. The van der Waals surface area contributed by atoms with E-state index in [0.717, 1.165) is 16.8 Å². The third-order valence-electron chi connectivity index (χ3n) is 6.43. The average Bonchev–Trinajstić information content (AvgIpc) is 3.20. The summed E-state index contributed by atoms with van der Waals surface area (Å²) in [5, 5.41) is 6.27. The maximum Gasteiger partial charge on any atom is 0.258 e. The Hall–Kier alpha value is -3.95. The van der Waals surface area contributed by atoms with Gasteiger partial charge in [-0.25, -0.2) is 8.42 Å². The van der Waals surface area contributed by atoms with Crippen molar-refractivity contribution >= 4 is 44.3 Å². The van der Waals surface area contributed by atoms with Crippen LogP contribution in [0.2, 0.25) is 0 Å². The second-order valence-corrected chi connectivity index (χ2v) is 11.2. The highest BCUT2D eigenvalue weighted by molar-refractivity contribution is 7.91. The van der Waals surface area contributed by atoms with E-state index >= 15 is 0 Å². The number of primary amides is 1. The van der Waals surface area contributed by atoms with Crippen molar-refractivity contribution in [2.24, 2.45) is 5.73 Å². The summed E-state index contributed by atoms with van der Waals surface area (Å²) in [5.74, 6) is -0.428. The SMILES string of the molecule is NC(=O)c1ccc2c(c1)NC(=O)/C2=C(\Nc1ccc(CN2CCS(=O)(=O)CC2)cc1)c1ccccc1. The summed E-state index contributed by atoms with van der Waals surface area (Å²) in [7, 11) is -2.91. The fraction of sp³-hybridized carbons (Fsp3) is 0.185. The number of hydrogen-bond donors (Lipinski definition) is 3. The number of anilines is 2. The molecule has 0 aromatic heterocycles. The first-order chi connectivity index (χ1) is 17.3. The second kappa shape index (κ2) is 9.60. The molecule has 0 bridgehead atoms. The summed E-state index contributed by atoms with van der Waals surface area (Å²) < 4.78 is 23.4. The van der Waals surface area contributed by atoms with Gasteiger partial charge in [-0.05, 0) is 35.4 Å². The molecule has 0 unspecified atom stereocenters. The molecule has 0 spiro atoms. The molecule has 2 heterocycles. The van der Waals surface area contributed by atoms with Crippen molar-refractivity contribution in [3.63, 3.8) is 0 Å². The number of rotatable bonds is 6. The van der Waals surface area contributed by atoms with Crippen LogP contribution in [0.5, 0.6) is 0 Å². The summed E-state index contributed by atoms with van der Waals surface area (Å²) in [5.41, 5.74) is 10.8. The van der Waals surface area contributed by atoms with Crippen molar-refractivity contribution in [2.45, 2.75) is 6.54 Å². The minimum Gasteiger partial charge on any atom is -0.366 e. The van der Waals surface area contributed by atoms with Gasteiger partial charge in [0.2, 0.25) is 5.91 Å². The van der Waals surface area contributed by atoms with Gasteiger partial charge in [-0.2, -0.15) is 0 Å². The molecule has 5 rings (SSSR count). The van der Waals surface area contributed by atoms with E-state index in [0.29, 0.717) is 47.7 Å². The Balaban J connectivity index is 1.44. The van der Waals surface area contributed by atoms with Crippen LogP contribution in [0.4, 0.5) is 11.4 Å². The van der Waals surface area contributed by atoms with Gasteiger partial charge in [0.1, 0.15) is 0 Å². The lowest BCUT2D eigenvalue weighted by molar-refractivity contribution is -0.110. The van der Waals surface area contributed by atoms with Crippen molar-refractivity contribution in [2.75, 3.05) is 35.2 Å². The molecule has 184 valence electrons. The van der Waals surface area contributed by atoms with E-state index in [-0.39, 0.29) is 17.4 Å². The van der Waals surface area contributed by atoms with Gasteiger partial charge >= 0.3 is 0 Å². The van der Waals surface area contributed by atoms with Crippen LogP contribution in [-0.2, 0) is 21.2 Å². The molecule has 0 aliphatic carbocycles. The molecule has 2 aliphatic heterocycles. The highest BCUT2D eigenvalue weighted by Gasteiger charge is 2.29. The number of nitrogens with one attached hydrogen (secondary N) is 2. The number of carbonyl (C=O) groups excluding carboxylic acids is 2. The quantitative estimate of drug-likeness (QED) is 0.446. The first-order valence-corrected chi connectivity index (χ1v) is 13.5. The predicted octanol–water partition coefficient (Wildman–Crippen LogP) is 2.95. The number of nitrogens with zero attached hydrogens (tertiary/aromatic N) is 1. The van der Waals surface area contributed by atoms with Gasteiger partial charge in [0.25, 0.3) is 5.91 Å². The minimum absolute atomic E-state index is 0.200. The van der Waals surface area contributed by atoms with E-state index in [1.54, 1.807) is 18.2 Å². The topological polar surface area (TPSA) is 122 Å². The van der Waals surface area contributed by atoms with E-state index in [9.17, 15) is 18.0 Å². The molecule has 8 nitrogen and oxygen atoms in total. The van der Waals surface area contributed by atoms with Gasteiger partial charge in [0, 0.05) is 42.1 Å². The van der Waals surface area contributed by atoms with Gasteiger partial charge in [-0.1, -0.05) is 48.5 Å². The van der Waals surface area contributed by atoms with Crippen molar-refractivity contribution in [1.82, 2.24) is 4.90 Å².